The first-order valence-corrected chi connectivity index (χ1v) is 6.30. The molecule has 0 aromatic rings. The number of hydrogen-bond acceptors (Lipinski definition) is 3. The highest BCUT2D eigenvalue weighted by atomic mass is 16.3. The third-order valence-corrected chi connectivity index (χ3v) is 3.40. The highest BCUT2D eigenvalue weighted by molar-refractivity contribution is 4.81. The molecule has 0 spiro atoms. The average Bonchev–Trinajstić information content (AvgIpc) is 2.68. The van der Waals surface area contributed by atoms with E-state index in [0.717, 1.165) is 26.1 Å². The van der Waals surface area contributed by atoms with Crippen LogP contribution < -0.4 is 5.32 Å². The van der Waals surface area contributed by atoms with Crippen LogP contribution in [0.15, 0.2) is 0 Å². The Morgan fingerprint density at radius 1 is 1.47 bits per heavy atom. The second-order valence-electron chi connectivity index (χ2n) is 4.77. The van der Waals surface area contributed by atoms with Gasteiger partial charge in [-0.25, -0.2) is 0 Å². The van der Waals surface area contributed by atoms with Gasteiger partial charge in [0.15, 0.2) is 0 Å². The van der Waals surface area contributed by atoms with E-state index in [0.29, 0.717) is 6.04 Å². The Morgan fingerprint density at radius 2 is 2.20 bits per heavy atom. The minimum atomic E-state index is -0.238. The lowest BCUT2D eigenvalue weighted by atomic mass is 10.1. The Kier molecular flexibility index (Phi) is 5.58. The maximum atomic E-state index is 9.63. The Bertz CT molecular complexity index is 167. The van der Waals surface area contributed by atoms with Gasteiger partial charge in [0.05, 0.1) is 6.10 Å². The monoisotopic (exact) mass is 214 g/mol. The number of rotatable bonds is 6. The number of aliphatic hydroxyl groups excluding tert-OH is 1. The summed E-state index contributed by atoms with van der Waals surface area (Å²) in [6.07, 6.45) is 3.50. The molecule has 0 aromatic heterocycles. The summed E-state index contributed by atoms with van der Waals surface area (Å²) in [6.45, 7) is 9.53. The lowest BCUT2D eigenvalue weighted by Crippen LogP contribution is -2.46. The van der Waals surface area contributed by atoms with Crippen LogP contribution in [-0.4, -0.2) is 47.8 Å². The second kappa shape index (κ2) is 6.46. The summed E-state index contributed by atoms with van der Waals surface area (Å²) in [6, 6.07) is 0.907. The molecule has 0 aliphatic carbocycles. The molecule has 0 aromatic carbocycles. The first kappa shape index (κ1) is 12.9. The van der Waals surface area contributed by atoms with Gasteiger partial charge in [0.25, 0.3) is 0 Å². The van der Waals surface area contributed by atoms with Crippen LogP contribution in [0.3, 0.4) is 0 Å². The van der Waals surface area contributed by atoms with E-state index in [2.05, 4.69) is 24.1 Å². The fourth-order valence-corrected chi connectivity index (χ4v) is 2.25. The van der Waals surface area contributed by atoms with Gasteiger partial charge >= 0.3 is 0 Å². The molecular weight excluding hydrogens is 188 g/mol. The van der Waals surface area contributed by atoms with E-state index >= 15 is 0 Å². The minimum Gasteiger partial charge on any atom is -0.392 e. The van der Waals surface area contributed by atoms with E-state index in [-0.39, 0.29) is 12.1 Å². The molecule has 3 atom stereocenters. The van der Waals surface area contributed by atoms with E-state index in [4.69, 9.17) is 0 Å². The smallest absolute Gasteiger partial charge is 0.0664 e. The molecule has 1 aliphatic rings. The average molecular weight is 214 g/mol. The van der Waals surface area contributed by atoms with E-state index in [9.17, 15) is 5.11 Å². The Balaban J connectivity index is 2.41. The SMILES string of the molecule is CCCN(CC1CCCN1)C(C)C(C)O. The molecule has 90 valence electrons. The molecule has 1 aliphatic heterocycles. The van der Waals surface area contributed by atoms with Gasteiger partial charge in [-0.1, -0.05) is 6.92 Å². The molecule has 0 bridgehead atoms. The third kappa shape index (κ3) is 4.09. The normalized spacial score (nSPS) is 25.8. The van der Waals surface area contributed by atoms with Crippen LogP contribution in [-0.2, 0) is 0 Å². The number of nitrogens with one attached hydrogen (secondary N) is 1. The van der Waals surface area contributed by atoms with Crippen molar-refractivity contribution < 1.29 is 5.11 Å². The van der Waals surface area contributed by atoms with E-state index < -0.39 is 0 Å². The van der Waals surface area contributed by atoms with Gasteiger partial charge in [0.2, 0.25) is 0 Å². The van der Waals surface area contributed by atoms with E-state index in [1.165, 1.54) is 12.8 Å². The molecule has 0 amide bonds. The van der Waals surface area contributed by atoms with Crippen molar-refractivity contribution in [1.82, 2.24) is 10.2 Å². The van der Waals surface area contributed by atoms with Crippen molar-refractivity contribution in [1.29, 1.82) is 0 Å². The highest BCUT2D eigenvalue weighted by Gasteiger charge is 2.22. The van der Waals surface area contributed by atoms with E-state index in [1.54, 1.807) is 0 Å². The number of hydrogen-bond donors (Lipinski definition) is 2. The molecule has 3 nitrogen and oxygen atoms in total. The van der Waals surface area contributed by atoms with Crippen molar-refractivity contribution in [3.05, 3.63) is 0 Å². The Morgan fingerprint density at radius 3 is 2.67 bits per heavy atom. The van der Waals surface area contributed by atoms with Crippen molar-refractivity contribution >= 4 is 0 Å². The maximum absolute atomic E-state index is 9.63. The molecule has 1 heterocycles. The van der Waals surface area contributed by atoms with Crippen molar-refractivity contribution in [2.75, 3.05) is 19.6 Å². The van der Waals surface area contributed by atoms with Crippen LogP contribution in [0.2, 0.25) is 0 Å². The molecule has 1 saturated heterocycles. The molecule has 0 radical (unpaired) electrons. The van der Waals surface area contributed by atoms with Gasteiger partial charge in [-0.15, -0.1) is 0 Å². The standard InChI is InChI=1S/C12H26N2O/c1-4-8-14(10(2)11(3)15)9-12-6-5-7-13-12/h10-13,15H,4-9H2,1-3H3. The fraction of sp³-hybridized carbons (Fsp3) is 1.00. The van der Waals surface area contributed by atoms with Crippen molar-refractivity contribution in [3.63, 3.8) is 0 Å². The summed E-state index contributed by atoms with van der Waals surface area (Å²) < 4.78 is 0. The highest BCUT2D eigenvalue weighted by Crippen LogP contribution is 2.11. The zero-order valence-electron chi connectivity index (χ0n) is 10.4. The molecule has 1 fully saturated rings. The summed E-state index contributed by atoms with van der Waals surface area (Å²) in [7, 11) is 0. The van der Waals surface area contributed by atoms with Crippen LogP contribution in [0, 0.1) is 0 Å². The van der Waals surface area contributed by atoms with Gasteiger partial charge < -0.3 is 10.4 Å². The second-order valence-corrected chi connectivity index (χ2v) is 4.77. The fourth-order valence-electron chi connectivity index (χ4n) is 2.25. The zero-order valence-corrected chi connectivity index (χ0v) is 10.4. The minimum absolute atomic E-state index is 0.238. The number of nitrogens with zero attached hydrogens (tertiary/aromatic N) is 1. The number of aliphatic hydroxyl groups is 1. The summed E-state index contributed by atoms with van der Waals surface area (Å²) in [5.41, 5.74) is 0. The summed E-state index contributed by atoms with van der Waals surface area (Å²) >= 11 is 0. The van der Waals surface area contributed by atoms with Gasteiger partial charge in [0.1, 0.15) is 0 Å². The summed E-state index contributed by atoms with van der Waals surface area (Å²) in [5.74, 6) is 0. The van der Waals surface area contributed by atoms with Crippen LogP contribution in [0.5, 0.6) is 0 Å². The van der Waals surface area contributed by atoms with Crippen LogP contribution in [0.25, 0.3) is 0 Å². The molecule has 1 rings (SSSR count). The first-order chi connectivity index (χ1) is 7.15. The zero-order chi connectivity index (χ0) is 11.3. The quantitative estimate of drug-likeness (QED) is 0.698. The van der Waals surface area contributed by atoms with Gasteiger partial charge in [-0.3, -0.25) is 4.90 Å². The maximum Gasteiger partial charge on any atom is 0.0664 e. The van der Waals surface area contributed by atoms with Crippen LogP contribution >= 0.6 is 0 Å². The lowest BCUT2D eigenvalue weighted by molar-refractivity contribution is 0.0656. The van der Waals surface area contributed by atoms with Gasteiger partial charge in [0, 0.05) is 18.6 Å². The summed E-state index contributed by atoms with van der Waals surface area (Å²) in [5, 5.41) is 13.1. The lowest BCUT2D eigenvalue weighted by Gasteiger charge is -2.32. The Labute approximate surface area is 93.9 Å². The van der Waals surface area contributed by atoms with Gasteiger partial charge in [-0.05, 0) is 46.2 Å². The molecule has 2 N–H and O–H groups in total. The topological polar surface area (TPSA) is 35.5 Å². The summed E-state index contributed by atoms with van der Waals surface area (Å²) in [4.78, 5) is 2.41. The predicted octanol–water partition coefficient (Wildman–Crippen LogP) is 1.22. The molecule has 3 unspecified atom stereocenters. The van der Waals surface area contributed by atoms with Gasteiger partial charge in [-0.2, -0.15) is 0 Å². The van der Waals surface area contributed by atoms with Crippen molar-refractivity contribution in [3.8, 4) is 0 Å². The van der Waals surface area contributed by atoms with E-state index in [1.807, 2.05) is 6.92 Å². The molecule has 3 heteroatoms. The molecular formula is C12H26N2O. The largest absolute Gasteiger partial charge is 0.392 e. The van der Waals surface area contributed by atoms with Crippen LogP contribution in [0.1, 0.15) is 40.0 Å². The molecule has 15 heavy (non-hydrogen) atoms. The van der Waals surface area contributed by atoms with Crippen LogP contribution in [0.4, 0.5) is 0 Å². The first-order valence-electron chi connectivity index (χ1n) is 6.30. The third-order valence-electron chi connectivity index (χ3n) is 3.40. The Hall–Kier alpha value is -0.120. The predicted molar refractivity (Wildman–Crippen MR) is 64.0 cm³/mol. The van der Waals surface area contributed by atoms with Crippen molar-refractivity contribution in [2.24, 2.45) is 0 Å². The van der Waals surface area contributed by atoms with Crippen molar-refractivity contribution in [2.45, 2.75) is 58.2 Å². The molecule has 0 saturated carbocycles.